The molecule has 0 unspecified atom stereocenters. The summed E-state index contributed by atoms with van der Waals surface area (Å²) in [7, 11) is 0. The highest BCUT2D eigenvalue weighted by atomic mass is 14.6. The molecule has 88 valence electrons. The van der Waals surface area contributed by atoms with Crippen LogP contribution in [0.3, 0.4) is 0 Å². The van der Waals surface area contributed by atoms with Crippen molar-refractivity contribution < 1.29 is 5.73 Å². The third kappa shape index (κ3) is 3.46. The van der Waals surface area contributed by atoms with Crippen LogP contribution in [0.2, 0.25) is 0 Å². The average molecular weight is 211 g/mol. The second kappa shape index (κ2) is 5.31. The second-order valence-corrected chi connectivity index (χ2v) is 5.90. The Hall–Kier alpha value is -0.0800. The van der Waals surface area contributed by atoms with E-state index in [1.807, 2.05) is 0 Å². The Morgan fingerprint density at radius 1 is 0.800 bits per heavy atom. The minimum Gasteiger partial charge on any atom is -0.355 e. The molecule has 0 amide bonds. The number of hydrogen-bond donors (Lipinski definition) is 2. The van der Waals surface area contributed by atoms with Crippen LogP contribution in [-0.4, -0.2) is 12.1 Å². The third-order valence-electron chi connectivity index (χ3n) is 4.52. The number of quaternary nitrogens is 1. The van der Waals surface area contributed by atoms with Crippen LogP contribution in [-0.2, 0) is 0 Å². The minimum absolute atomic E-state index is 0.511. The predicted octanol–water partition coefficient (Wildman–Crippen LogP) is 1.69. The molecule has 0 heterocycles. The van der Waals surface area contributed by atoms with E-state index in [9.17, 15) is 0 Å². The topological polar surface area (TPSA) is 53.7 Å². The molecule has 0 aromatic carbocycles. The van der Waals surface area contributed by atoms with Crippen molar-refractivity contribution in [3.05, 3.63) is 0 Å². The molecular formula is C13H27N2+. The van der Waals surface area contributed by atoms with Crippen molar-refractivity contribution in [1.82, 2.24) is 0 Å². The first kappa shape index (κ1) is 11.4. The maximum Gasteiger partial charge on any atom is 0.0843 e. The lowest BCUT2D eigenvalue weighted by atomic mass is 9.76. The summed E-state index contributed by atoms with van der Waals surface area (Å²) >= 11 is 0. The van der Waals surface area contributed by atoms with Gasteiger partial charge in [0.15, 0.2) is 0 Å². The van der Waals surface area contributed by atoms with E-state index in [-0.39, 0.29) is 0 Å². The molecule has 0 radical (unpaired) electrons. The van der Waals surface area contributed by atoms with Crippen molar-refractivity contribution in [1.29, 1.82) is 0 Å². The van der Waals surface area contributed by atoms with Crippen molar-refractivity contribution in [3.63, 3.8) is 0 Å². The fourth-order valence-corrected chi connectivity index (χ4v) is 3.36. The summed E-state index contributed by atoms with van der Waals surface area (Å²) in [5, 5.41) is 0. The molecule has 2 fully saturated rings. The second-order valence-electron chi connectivity index (χ2n) is 5.90. The van der Waals surface area contributed by atoms with Crippen LogP contribution in [0.5, 0.6) is 0 Å². The predicted molar refractivity (Wildman–Crippen MR) is 63.2 cm³/mol. The smallest absolute Gasteiger partial charge is 0.0843 e. The fourth-order valence-electron chi connectivity index (χ4n) is 3.36. The average Bonchev–Trinajstić information content (AvgIpc) is 2.25. The lowest BCUT2D eigenvalue weighted by Gasteiger charge is -2.31. The van der Waals surface area contributed by atoms with E-state index < -0.39 is 0 Å². The van der Waals surface area contributed by atoms with Crippen molar-refractivity contribution in [2.75, 3.05) is 0 Å². The molecule has 2 aliphatic carbocycles. The summed E-state index contributed by atoms with van der Waals surface area (Å²) in [6.45, 7) is 0. The Labute approximate surface area is 93.8 Å². The van der Waals surface area contributed by atoms with Gasteiger partial charge in [-0.2, -0.15) is 0 Å². The molecule has 0 spiro atoms. The van der Waals surface area contributed by atoms with Gasteiger partial charge in [-0.3, -0.25) is 0 Å². The zero-order valence-corrected chi connectivity index (χ0v) is 9.96. The lowest BCUT2D eigenvalue weighted by molar-refractivity contribution is -0.426. The molecular weight excluding hydrogens is 184 g/mol. The fraction of sp³-hybridized carbons (Fsp3) is 1.00. The molecule has 0 saturated heterocycles. The van der Waals surface area contributed by atoms with Crippen LogP contribution in [0.4, 0.5) is 0 Å². The van der Waals surface area contributed by atoms with E-state index in [0.29, 0.717) is 6.04 Å². The summed E-state index contributed by atoms with van der Waals surface area (Å²) in [4.78, 5) is 0. The summed E-state index contributed by atoms with van der Waals surface area (Å²) in [5.41, 5.74) is 10.1. The van der Waals surface area contributed by atoms with Crippen LogP contribution in [0, 0.1) is 11.8 Å². The summed E-state index contributed by atoms with van der Waals surface area (Å²) in [5.74, 6) is 2.01. The Morgan fingerprint density at radius 2 is 1.27 bits per heavy atom. The van der Waals surface area contributed by atoms with Crippen molar-refractivity contribution >= 4 is 0 Å². The summed E-state index contributed by atoms with van der Waals surface area (Å²) < 4.78 is 0. The molecule has 0 bridgehead atoms. The molecule has 0 aromatic rings. The van der Waals surface area contributed by atoms with Crippen LogP contribution in [0.1, 0.15) is 57.8 Å². The van der Waals surface area contributed by atoms with Gasteiger partial charge in [-0.1, -0.05) is 0 Å². The van der Waals surface area contributed by atoms with Gasteiger partial charge >= 0.3 is 0 Å². The minimum atomic E-state index is 0.511. The van der Waals surface area contributed by atoms with E-state index in [2.05, 4.69) is 5.73 Å². The highest BCUT2D eigenvalue weighted by Crippen LogP contribution is 2.34. The van der Waals surface area contributed by atoms with Gasteiger partial charge in [-0.15, -0.1) is 0 Å². The highest BCUT2D eigenvalue weighted by Gasteiger charge is 2.25. The van der Waals surface area contributed by atoms with Gasteiger partial charge in [0.05, 0.1) is 6.04 Å². The molecule has 2 nitrogen and oxygen atoms in total. The maximum absolute atomic E-state index is 5.94. The Morgan fingerprint density at radius 3 is 1.80 bits per heavy atom. The van der Waals surface area contributed by atoms with E-state index in [1.54, 1.807) is 0 Å². The number of rotatable bonds is 2. The van der Waals surface area contributed by atoms with Crippen molar-refractivity contribution in [2.45, 2.75) is 69.9 Å². The van der Waals surface area contributed by atoms with E-state index in [1.165, 1.54) is 57.8 Å². The maximum atomic E-state index is 5.94. The van der Waals surface area contributed by atoms with Crippen LogP contribution in [0.25, 0.3) is 0 Å². The van der Waals surface area contributed by atoms with E-state index in [0.717, 1.165) is 17.9 Å². The third-order valence-corrected chi connectivity index (χ3v) is 4.52. The Balaban J connectivity index is 1.68. The molecule has 2 saturated carbocycles. The molecule has 5 N–H and O–H groups in total. The quantitative estimate of drug-likeness (QED) is 0.717. The zero-order valence-electron chi connectivity index (χ0n) is 9.96. The molecule has 0 aliphatic heterocycles. The molecule has 2 aliphatic rings. The van der Waals surface area contributed by atoms with Crippen LogP contribution >= 0.6 is 0 Å². The first-order valence-electron chi connectivity index (χ1n) is 6.82. The molecule has 2 heteroatoms. The zero-order chi connectivity index (χ0) is 10.7. The van der Waals surface area contributed by atoms with Crippen molar-refractivity contribution in [2.24, 2.45) is 17.6 Å². The molecule has 0 aromatic heterocycles. The van der Waals surface area contributed by atoms with Gasteiger partial charge in [0.1, 0.15) is 0 Å². The Kier molecular flexibility index (Phi) is 4.04. The van der Waals surface area contributed by atoms with Gasteiger partial charge in [-0.25, -0.2) is 0 Å². The van der Waals surface area contributed by atoms with Gasteiger partial charge in [-0.05, 0) is 69.6 Å². The van der Waals surface area contributed by atoms with Gasteiger partial charge in [0, 0.05) is 6.04 Å². The first-order chi connectivity index (χ1) is 7.24. The number of hydrogen-bond acceptors (Lipinski definition) is 1. The number of nitrogens with two attached hydrogens (primary N) is 1. The van der Waals surface area contributed by atoms with E-state index >= 15 is 0 Å². The lowest BCUT2D eigenvalue weighted by Crippen LogP contribution is -2.61. The first-order valence-corrected chi connectivity index (χ1v) is 6.82. The largest absolute Gasteiger partial charge is 0.355 e. The highest BCUT2D eigenvalue weighted by molar-refractivity contribution is 4.78. The van der Waals surface area contributed by atoms with E-state index in [4.69, 9.17) is 5.73 Å². The molecule has 0 atom stereocenters. The normalized spacial score (nSPS) is 42.8. The van der Waals surface area contributed by atoms with Gasteiger partial charge in [0.25, 0.3) is 0 Å². The summed E-state index contributed by atoms with van der Waals surface area (Å²) in [6.07, 6.45) is 12.4. The monoisotopic (exact) mass is 211 g/mol. The molecule has 15 heavy (non-hydrogen) atoms. The van der Waals surface area contributed by atoms with Gasteiger partial charge in [0.2, 0.25) is 0 Å². The SMILES string of the molecule is NC1CCC(CC2CCC([NH3+])CC2)CC1. The van der Waals surface area contributed by atoms with Crippen LogP contribution in [0.15, 0.2) is 0 Å². The van der Waals surface area contributed by atoms with Crippen molar-refractivity contribution in [3.8, 4) is 0 Å². The Bertz CT molecular complexity index is 157. The summed E-state index contributed by atoms with van der Waals surface area (Å²) in [6, 6.07) is 1.26. The van der Waals surface area contributed by atoms with Crippen LogP contribution < -0.4 is 11.5 Å². The van der Waals surface area contributed by atoms with Gasteiger partial charge < -0.3 is 11.5 Å². The molecule has 2 rings (SSSR count). The standard InChI is InChI=1S/C13H26N2/c14-12-5-1-10(2-6-12)9-11-3-7-13(15)8-4-11/h10-13H,1-9,14-15H2/p+1.